The third-order valence-corrected chi connectivity index (χ3v) is 2.02. The van der Waals surface area contributed by atoms with Crippen LogP contribution in [0.4, 0.5) is 5.69 Å². The average molecular weight is 264 g/mol. The predicted octanol–water partition coefficient (Wildman–Crippen LogP) is 1.73. The fourth-order valence-electron chi connectivity index (χ4n) is 1.15. The van der Waals surface area contributed by atoms with Crippen molar-refractivity contribution >= 4 is 17.7 Å². The molecule has 0 heterocycles. The lowest BCUT2D eigenvalue weighted by Crippen LogP contribution is -2.19. The van der Waals surface area contributed by atoms with Gasteiger partial charge in [-0.25, -0.2) is 4.79 Å². The highest BCUT2D eigenvalue weighted by Crippen LogP contribution is 2.13. The fraction of sp³-hybridized carbons (Fsp3) is 0.0833. The van der Waals surface area contributed by atoms with Gasteiger partial charge in [-0.15, -0.1) is 0 Å². The highest BCUT2D eigenvalue weighted by atomic mass is 16.6. The average Bonchev–Trinajstić information content (AvgIpc) is 2.38. The third-order valence-electron chi connectivity index (χ3n) is 2.02. The van der Waals surface area contributed by atoms with E-state index in [2.05, 4.69) is 12.1 Å². The van der Waals surface area contributed by atoms with Crippen molar-refractivity contribution in [3.63, 3.8) is 0 Å². The zero-order valence-corrected chi connectivity index (χ0v) is 9.91. The highest BCUT2D eigenvalue weighted by Gasteiger charge is 2.03. The van der Waals surface area contributed by atoms with Crippen molar-refractivity contribution in [3.05, 3.63) is 58.3 Å². The largest absolute Gasteiger partial charge is 0.477 e. The molecule has 2 N–H and O–H groups in total. The summed E-state index contributed by atoms with van der Waals surface area (Å²) in [5.74, 6) is -1.21. The minimum Gasteiger partial charge on any atom is -0.477 e. The van der Waals surface area contributed by atoms with Crippen LogP contribution in [0.2, 0.25) is 0 Å². The first kappa shape index (κ1) is 14.4. The normalized spacial score (nSPS) is 10.3. The summed E-state index contributed by atoms with van der Waals surface area (Å²) in [6, 6.07) is 6.09. The summed E-state index contributed by atoms with van der Waals surface area (Å²) in [6.45, 7) is 3.30. The minimum atomic E-state index is -1.21. The van der Waals surface area contributed by atoms with E-state index in [0.29, 0.717) is 5.56 Å². The van der Waals surface area contributed by atoms with Crippen LogP contribution in [0.3, 0.4) is 0 Å². The smallest absolute Gasteiger partial charge is 0.353 e. The summed E-state index contributed by atoms with van der Waals surface area (Å²) < 4.78 is 0. The Kier molecular flexibility index (Phi) is 5.24. The Balaban J connectivity index is 2.45. The number of nitro benzene ring substituents is 1. The number of carboxylic acid groups (broad SMARTS) is 1. The highest BCUT2D eigenvalue weighted by molar-refractivity contribution is 5.84. The summed E-state index contributed by atoms with van der Waals surface area (Å²) in [5.41, 5.74) is 2.52. The molecule has 0 unspecified atom stereocenters. The van der Waals surface area contributed by atoms with Gasteiger partial charge in [0.05, 0.1) is 11.5 Å². The van der Waals surface area contributed by atoms with Crippen LogP contribution >= 0.6 is 0 Å². The number of non-ortho nitro benzene ring substituents is 1. The molecule has 0 bridgehead atoms. The molecule has 1 aromatic carbocycles. The lowest BCUT2D eigenvalue weighted by atomic mass is 10.2. The van der Waals surface area contributed by atoms with Crippen LogP contribution in [0, 0.1) is 10.1 Å². The Hall–Kier alpha value is -2.67. The van der Waals surface area contributed by atoms with Gasteiger partial charge in [0, 0.05) is 12.1 Å². The quantitative estimate of drug-likeness (QED) is 0.336. The Morgan fingerprint density at radius 3 is 2.95 bits per heavy atom. The number of hydrogen-bond donors (Lipinski definition) is 2. The van der Waals surface area contributed by atoms with E-state index in [9.17, 15) is 14.9 Å². The summed E-state index contributed by atoms with van der Waals surface area (Å²) in [4.78, 5) is 25.2. The molecule has 0 aliphatic rings. The number of aliphatic carboxylic acids is 1. The Morgan fingerprint density at radius 2 is 2.32 bits per heavy atom. The zero-order valence-electron chi connectivity index (χ0n) is 9.91. The van der Waals surface area contributed by atoms with Gasteiger partial charge < -0.3 is 5.11 Å². The number of nitrogens with zero attached hydrogens (tertiary/aromatic N) is 1. The minimum absolute atomic E-state index is 0.000415. The topological polar surface area (TPSA) is 102 Å². The third kappa shape index (κ3) is 5.00. The lowest BCUT2D eigenvalue weighted by Gasteiger charge is -2.02. The molecule has 100 valence electrons. The van der Waals surface area contributed by atoms with Crippen molar-refractivity contribution in [2.75, 3.05) is 6.61 Å². The molecule has 0 aliphatic heterocycles. The number of carboxylic acids is 1. The van der Waals surface area contributed by atoms with E-state index in [1.165, 1.54) is 12.1 Å². The monoisotopic (exact) mass is 264 g/mol. The van der Waals surface area contributed by atoms with E-state index in [1.54, 1.807) is 24.3 Å². The molecule has 0 amide bonds. The van der Waals surface area contributed by atoms with E-state index in [1.807, 2.05) is 0 Å². The molecule has 19 heavy (non-hydrogen) atoms. The van der Waals surface area contributed by atoms with Crippen molar-refractivity contribution < 1.29 is 19.7 Å². The van der Waals surface area contributed by atoms with E-state index in [-0.39, 0.29) is 18.0 Å². The first-order chi connectivity index (χ1) is 9.00. The molecular weight excluding hydrogens is 252 g/mol. The second kappa shape index (κ2) is 6.92. The van der Waals surface area contributed by atoms with Crippen LogP contribution in [0.25, 0.3) is 6.08 Å². The van der Waals surface area contributed by atoms with Gasteiger partial charge in [0.1, 0.15) is 5.70 Å². The first-order valence-electron chi connectivity index (χ1n) is 5.21. The van der Waals surface area contributed by atoms with Crippen LogP contribution in [0.15, 0.2) is 42.6 Å². The Morgan fingerprint density at radius 1 is 1.58 bits per heavy atom. The summed E-state index contributed by atoms with van der Waals surface area (Å²) in [5, 5.41) is 19.0. The molecule has 7 nitrogen and oxygen atoms in total. The fourth-order valence-corrected chi connectivity index (χ4v) is 1.15. The predicted molar refractivity (Wildman–Crippen MR) is 68.0 cm³/mol. The molecule has 1 aromatic rings. The molecular formula is C12H12N2O5. The molecule has 0 aliphatic carbocycles. The van der Waals surface area contributed by atoms with Gasteiger partial charge in [-0.1, -0.05) is 30.9 Å². The second-order valence-electron chi connectivity index (χ2n) is 3.45. The molecule has 0 radical (unpaired) electrons. The number of benzene rings is 1. The Bertz CT molecular complexity index is 525. The van der Waals surface area contributed by atoms with E-state index < -0.39 is 10.9 Å². The van der Waals surface area contributed by atoms with Crippen LogP contribution in [-0.2, 0) is 9.63 Å². The summed E-state index contributed by atoms with van der Waals surface area (Å²) >= 11 is 0. The molecule has 0 saturated heterocycles. The van der Waals surface area contributed by atoms with Crippen LogP contribution in [0.5, 0.6) is 0 Å². The van der Waals surface area contributed by atoms with Crippen molar-refractivity contribution in [1.29, 1.82) is 0 Å². The first-order valence-corrected chi connectivity index (χ1v) is 5.21. The van der Waals surface area contributed by atoms with Crippen molar-refractivity contribution in [2.45, 2.75) is 0 Å². The number of nitrogens with one attached hydrogen (secondary N) is 1. The summed E-state index contributed by atoms with van der Waals surface area (Å²) in [6.07, 6.45) is 3.21. The molecule has 1 rings (SSSR count). The van der Waals surface area contributed by atoms with Crippen molar-refractivity contribution in [3.8, 4) is 0 Å². The van der Waals surface area contributed by atoms with Gasteiger partial charge in [-0.2, -0.15) is 0 Å². The standard InChI is InChI=1S/C12H12N2O5/c1-9(12(15)16)13-19-7-3-5-10-4-2-6-11(8-10)14(17)18/h2-6,8,13H,1,7H2,(H,15,16). The number of rotatable bonds is 7. The van der Waals surface area contributed by atoms with Crippen LogP contribution < -0.4 is 5.48 Å². The molecule has 7 heteroatoms. The second-order valence-corrected chi connectivity index (χ2v) is 3.45. The number of carbonyl (C=O) groups is 1. The van der Waals surface area contributed by atoms with Gasteiger partial charge in [0.25, 0.3) is 5.69 Å². The van der Waals surface area contributed by atoms with Gasteiger partial charge in [0.2, 0.25) is 0 Å². The SMILES string of the molecule is C=C(NOCC=Cc1cccc([N+](=O)[O-])c1)C(=O)O. The molecule has 0 spiro atoms. The van der Waals surface area contributed by atoms with Gasteiger partial charge in [0.15, 0.2) is 0 Å². The number of hydrogen-bond acceptors (Lipinski definition) is 5. The number of hydroxylamine groups is 1. The van der Waals surface area contributed by atoms with Crippen molar-refractivity contribution in [2.24, 2.45) is 0 Å². The van der Waals surface area contributed by atoms with Crippen LogP contribution in [0.1, 0.15) is 5.56 Å². The number of nitro groups is 1. The van der Waals surface area contributed by atoms with Gasteiger partial charge in [-0.05, 0) is 5.56 Å². The molecule has 0 saturated carbocycles. The van der Waals surface area contributed by atoms with Crippen LogP contribution in [-0.4, -0.2) is 22.6 Å². The van der Waals surface area contributed by atoms with E-state index in [0.717, 1.165) is 0 Å². The molecule has 0 fully saturated rings. The maximum Gasteiger partial charge on any atom is 0.353 e. The Labute approximate surface area is 108 Å². The lowest BCUT2D eigenvalue weighted by molar-refractivity contribution is -0.384. The summed E-state index contributed by atoms with van der Waals surface area (Å²) in [7, 11) is 0. The van der Waals surface area contributed by atoms with E-state index >= 15 is 0 Å². The van der Waals surface area contributed by atoms with E-state index in [4.69, 9.17) is 9.94 Å². The molecule has 0 aromatic heterocycles. The van der Waals surface area contributed by atoms with Gasteiger partial charge in [-0.3, -0.25) is 20.4 Å². The zero-order chi connectivity index (χ0) is 14.3. The maximum atomic E-state index is 10.5. The maximum absolute atomic E-state index is 10.5. The molecule has 0 atom stereocenters. The van der Waals surface area contributed by atoms with Crippen molar-refractivity contribution in [1.82, 2.24) is 5.48 Å². The van der Waals surface area contributed by atoms with Gasteiger partial charge >= 0.3 is 5.97 Å².